The number of para-hydroxylation sites is 1. The number of benzene rings is 1. The summed E-state index contributed by atoms with van der Waals surface area (Å²) in [5, 5.41) is 12.0. The number of aryl methyl sites for hydroxylation is 2. The molecule has 4 rings (SSSR count). The van der Waals surface area contributed by atoms with Gasteiger partial charge in [0.15, 0.2) is 5.82 Å². The zero-order valence-corrected chi connectivity index (χ0v) is 21.7. The van der Waals surface area contributed by atoms with Gasteiger partial charge in [0.25, 0.3) is 0 Å². The van der Waals surface area contributed by atoms with Gasteiger partial charge in [-0.15, -0.1) is 0 Å². The lowest BCUT2D eigenvalue weighted by Crippen LogP contribution is -2.45. The second-order valence-electron chi connectivity index (χ2n) is 9.84. The van der Waals surface area contributed by atoms with E-state index in [0.717, 1.165) is 61.2 Å². The van der Waals surface area contributed by atoms with Crippen molar-refractivity contribution in [2.24, 2.45) is 0 Å². The highest BCUT2D eigenvalue weighted by Gasteiger charge is 2.38. The molecule has 0 atom stereocenters. The van der Waals surface area contributed by atoms with E-state index in [1.165, 1.54) is 6.92 Å². The van der Waals surface area contributed by atoms with Crippen molar-refractivity contribution in [2.45, 2.75) is 84.2 Å². The van der Waals surface area contributed by atoms with Crippen molar-refractivity contribution in [3.8, 4) is 5.69 Å². The minimum absolute atomic E-state index is 0.00736. The Hall–Kier alpha value is -3.49. The molecular weight excluding hydrogens is 456 g/mol. The van der Waals surface area contributed by atoms with Crippen LogP contribution in [0.4, 0.5) is 0 Å². The van der Waals surface area contributed by atoms with Crippen LogP contribution in [0, 0.1) is 13.8 Å². The van der Waals surface area contributed by atoms with E-state index >= 15 is 0 Å². The first-order chi connectivity index (χ1) is 17.3. The molecule has 1 fully saturated rings. The van der Waals surface area contributed by atoms with Crippen LogP contribution in [-0.2, 0) is 28.1 Å². The number of nitrogens with one attached hydrogen (secondary N) is 1. The summed E-state index contributed by atoms with van der Waals surface area (Å²) in [7, 11) is 1.80. The first-order valence-corrected chi connectivity index (χ1v) is 12.8. The number of aromatic nitrogens is 4. The van der Waals surface area contributed by atoms with Gasteiger partial charge in [0.1, 0.15) is 5.54 Å². The maximum absolute atomic E-state index is 12.9. The lowest BCUT2D eigenvalue weighted by Gasteiger charge is -2.30. The summed E-state index contributed by atoms with van der Waals surface area (Å²) in [6, 6.07) is 9.98. The van der Waals surface area contributed by atoms with Crippen molar-refractivity contribution in [3.63, 3.8) is 0 Å². The second kappa shape index (κ2) is 11.1. The van der Waals surface area contributed by atoms with Crippen molar-refractivity contribution in [3.05, 3.63) is 59.0 Å². The van der Waals surface area contributed by atoms with E-state index in [-0.39, 0.29) is 18.2 Å². The minimum Gasteiger partial charge on any atom is -0.343 e. The number of carbonyl (C=O) groups is 2. The topological polar surface area (TPSA) is 106 Å². The Labute approximate surface area is 212 Å². The lowest BCUT2D eigenvalue weighted by atomic mass is 9.89. The number of hydrogen-bond donors (Lipinski definition) is 1. The second-order valence-corrected chi connectivity index (χ2v) is 9.84. The third-order valence-corrected chi connectivity index (χ3v) is 7.08. The van der Waals surface area contributed by atoms with Crippen LogP contribution in [0.25, 0.3) is 5.69 Å². The summed E-state index contributed by atoms with van der Waals surface area (Å²) in [6.07, 6.45) is 6.49. The fourth-order valence-electron chi connectivity index (χ4n) is 5.08. The number of carbonyl (C=O) groups excluding carboxylic acids is 2. The Bertz CT molecular complexity index is 1190. The monoisotopic (exact) mass is 492 g/mol. The molecule has 1 saturated carbocycles. The molecule has 1 aromatic carbocycles. The van der Waals surface area contributed by atoms with Gasteiger partial charge in [-0.3, -0.25) is 9.59 Å². The summed E-state index contributed by atoms with van der Waals surface area (Å²) in [6.45, 7) is 6.00. The van der Waals surface area contributed by atoms with Gasteiger partial charge >= 0.3 is 0 Å². The quantitative estimate of drug-likeness (QED) is 0.474. The lowest BCUT2D eigenvalue weighted by molar-refractivity contribution is -0.130. The summed E-state index contributed by atoms with van der Waals surface area (Å²) >= 11 is 0. The molecule has 0 unspecified atom stereocenters. The summed E-state index contributed by atoms with van der Waals surface area (Å²) in [5.41, 5.74) is 3.38. The molecule has 9 heteroatoms. The summed E-state index contributed by atoms with van der Waals surface area (Å²) < 4.78 is 7.43. The van der Waals surface area contributed by atoms with Crippen LogP contribution in [0.5, 0.6) is 0 Å². The highest BCUT2D eigenvalue weighted by molar-refractivity contribution is 5.76. The average Bonchev–Trinajstić information content (AvgIpc) is 3.36. The molecule has 0 aliphatic heterocycles. The molecule has 3 aromatic rings. The predicted molar refractivity (Wildman–Crippen MR) is 135 cm³/mol. The number of nitrogens with zero attached hydrogens (tertiary/aromatic N) is 5. The van der Waals surface area contributed by atoms with Crippen molar-refractivity contribution < 1.29 is 14.1 Å². The Morgan fingerprint density at radius 3 is 2.47 bits per heavy atom. The molecule has 0 saturated heterocycles. The fourth-order valence-corrected chi connectivity index (χ4v) is 5.08. The van der Waals surface area contributed by atoms with Crippen molar-refractivity contribution in [1.29, 1.82) is 0 Å². The Kier molecular flexibility index (Phi) is 7.86. The smallest absolute Gasteiger partial charge is 0.227 e. The third-order valence-electron chi connectivity index (χ3n) is 7.08. The van der Waals surface area contributed by atoms with E-state index in [9.17, 15) is 9.59 Å². The molecule has 36 heavy (non-hydrogen) atoms. The molecule has 2 heterocycles. The molecule has 1 aliphatic rings. The first-order valence-electron chi connectivity index (χ1n) is 12.8. The van der Waals surface area contributed by atoms with E-state index in [4.69, 9.17) is 4.52 Å². The van der Waals surface area contributed by atoms with Gasteiger partial charge in [-0.1, -0.05) is 49.0 Å². The van der Waals surface area contributed by atoms with E-state index in [1.807, 2.05) is 48.9 Å². The molecule has 0 spiro atoms. The summed E-state index contributed by atoms with van der Waals surface area (Å²) in [5.74, 6) is 0.841. The van der Waals surface area contributed by atoms with Gasteiger partial charge in [0.05, 0.1) is 11.4 Å². The van der Waals surface area contributed by atoms with E-state index in [1.54, 1.807) is 11.9 Å². The molecule has 2 amide bonds. The van der Waals surface area contributed by atoms with Crippen LogP contribution < -0.4 is 5.32 Å². The van der Waals surface area contributed by atoms with Crippen LogP contribution in [-0.4, -0.2) is 43.7 Å². The highest BCUT2D eigenvalue weighted by atomic mass is 16.5. The van der Waals surface area contributed by atoms with Crippen LogP contribution in [0.3, 0.4) is 0 Å². The third kappa shape index (κ3) is 5.66. The van der Waals surface area contributed by atoms with Crippen LogP contribution in [0.1, 0.15) is 80.5 Å². The predicted octanol–water partition coefficient (Wildman–Crippen LogP) is 4.15. The first kappa shape index (κ1) is 25.6. The SMILES string of the molecule is CC(=O)NC1(c2noc(CCC(=O)N(C)Cc3c(C)nn(-c4ccccc4)c3C)n2)CCCCCC1. The maximum atomic E-state index is 12.9. The van der Waals surface area contributed by atoms with Gasteiger partial charge in [-0.05, 0) is 38.8 Å². The number of hydrogen-bond acceptors (Lipinski definition) is 6. The number of rotatable bonds is 8. The van der Waals surface area contributed by atoms with Crippen LogP contribution in [0.15, 0.2) is 34.9 Å². The fraction of sp³-hybridized carbons (Fsp3) is 0.519. The molecule has 1 aliphatic carbocycles. The van der Waals surface area contributed by atoms with Gasteiger partial charge in [0.2, 0.25) is 17.7 Å². The Morgan fingerprint density at radius 1 is 1.11 bits per heavy atom. The molecule has 2 aromatic heterocycles. The zero-order chi connectivity index (χ0) is 25.7. The molecule has 192 valence electrons. The Balaban J connectivity index is 1.39. The van der Waals surface area contributed by atoms with E-state index < -0.39 is 5.54 Å². The van der Waals surface area contributed by atoms with Gasteiger partial charge < -0.3 is 14.7 Å². The van der Waals surface area contributed by atoms with Gasteiger partial charge in [-0.25, -0.2) is 4.68 Å². The number of amides is 2. The zero-order valence-electron chi connectivity index (χ0n) is 21.7. The van der Waals surface area contributed by atoms with Crippen molar-refractivity contribution >= 4 is 11.8 Å². The molecule has 9 nitrogen and oxygen atoms in total. The molecule has 0 radical (unpaired) electrons. The molecule has 1 N–H and O–H groups in total. The standard InChI is InChI=1S/C27H36N6O3/c1-19-23(20(2)33(30-19)22-12-8-7-9-13-22)18-32(4)25(35)15-14-24-28-26(31-36-24)27(29-21(3)34)16-10-5-6-11-17-27/h7-9,12-13H,5-6,10-11,14-18H2,1-4H3,(H,29,34). The van der Waals surface area contributed by atoms with Gasteiger partial charge in [0, 0.05) is 44.6 Å². The maximum Gasteiger partial charge on any atom is 0.227 e. The van der Waals surface area contributed by atoms with Crippen LogP contribution in [0.2, 0.25) is 0 Å². The highest BCUT2D eigenvalue weighted by Crippen LogP contribution is 2.34. The Morgan fingerprint density at radius 2 is 1.81 bits per heavy atom. The molecule has 0 bridgehead atoms. The van der Waals surface area contributed by atoms with E-state index in [2.05, 4.69) is 20.6 Å². The average molecular weight is 493 g/mol. The van der Waals surface area contributed by atoms with Crippen molar-refractivity contribution in [1.82, 2.24) is 30.1 Å². The van der Waals surface area contributed by atoms with Crippen LogP contribution >= 0.6 is 0 Å². The van der Waals surface area contributed by atoms with Crippen molar-refractivity contribution in [2.75, 3.05) is 7.05 Å². The summed E-state index contributed by atoms with van der Waals surface area (Å²) in [4.78, 5) is 31.2. The van der Waals surface area contributed by atoms with E-state index in [0.29, 0.717) is 24.7 Å². The minimum atomic E-state index is -0.584. The normalized spacial score (nSPS) is 15.3. The van der Waals surface area contributed by atoms with Gasteiger partial charge in [-0.2, -0.15) is 10.1 Å². The molecular formula is C27H36N6O3. The largest absolute Gasteiger partial charge is 0.343 e.